The van der Waals surface area contributed by atoms with Gasteiger partial charge in [-0.15, -0.1) is 0 Å². The number of amides is 1. The van der Waals surface area contributed by atoms with E-state index in [-0.39, 0.29) is 25.4 Å². The summed E-state index contributed by atoms with van der Waals surface area (Å²) in [5, 5.41) is 6.18. The van der Waals surface area contributed by atoms with Crippen molar-refractivity contribution in [1.29, 1.82) is 0 Å². The summed E-state index contributed by atoms with van der Waals surface area (Å²) < 4.78 is 50.2. The van der Waals surface area contributed by atoms with Gasteiger partial charge in [0.1, 0.15) is 11.5 Å². The molecular formula is C23H26F3N3O3. The van der Waals surface area contributed by atoms with Gasteiger partial charge in [-0.3, -0.25) is 4.79 Å². The number of carbonyl (C=O) groups is 1. The SMILES string of the molecule is COc1cc(Nc2cc(C)c3c(c2)OCC(=O)N3)c(C)cc1N1CCC(C(F)(F)F)CC1. The number of nitrogens with zero attached hydrogens (tertiary/aromatic N) is 1. The molecule has 2 N–H and O–H groups in total. The van der Waals surface area contributed by atoms with Crippen molar-refractivity contribution in [2.24, 2.45) is 5.92 Å². The Hall–Kier alpha value is -3.10. The normalized spacial score (nSPS) is 16.8. The topological polar surface area (TPSA) is 62.8 Å². The second-order valence-corrected chi connectivity index (χ2v) is 8.27. The third kappa shape index (κ3) is 4.42. The summed E-state index contributed by atoms with van der Waals surface area (Å²) in [6, 6.07) is 7.54. The first-order valence-corrected chi connectivity index (χ1v) is 10.5. The maximum absolute atomic E-state index is 13.0. The van der Waals surface area contributed by atoms with E-state index >= 15 is 0 Å². The predicted molar refractivity (Wildman–Crippen MR) is 117 cm³/mol. The Morgan fingerprint density at radius 2 is 1.84 bits per heavy atom. The van der Waals surface area contributed by atoms with E-state index in [1.54, 1.807) is 7.11 Å². The van der Waals surface area contributed by atoms with Crippen molar-refractivity contribution in [3.63, 3.8) is 0 Å². The molecule has 2 aliphatic rings. The van der Waals surface area contributed by atoms with Crippen LogP contribution in [0.4, 0.5) is 35.9 Å². The summed E-state index contributed by atoms with van der Waals surface area (Å²) in [5.74, 6) is -0.231. The van der Waals surface area contributed by atoms with Crippen molar-refractivity contribution in [2.45, 2.75) is 32.9 Å². The van der Waals surface area contributed by atoms with Gasteiger partial charge in [0.15, 0.2) is 6.61 Å². The van der Waals surface area contributed by atoms with E-state index in [2.05, 4.69) is 10.6 Å². The van der Waals surface area contributed by atoms with Gasteiger partial charge < -0.3 is 25.0 Å². The summed E-state index contributed by atoms with van der Waals surface area (Å²) >= 11 is 0. The molecule has 1 amide bonds. The number of nitrogens with one attached hydrogen (secondary N) is 2. The Morgan fingerprint density at radius 3 is 2.50 bits per heavy atom. The van der Waals surface area contributed by atoms with Gasteiger partial charge in [-0.2, -0.15) is 13.2 Å². The molecule has 0 aromatic heterocycles. The molecule has 2 aliphatic heterocycles. The molecule has 4 rings (SSSR count). The number of piperidine rings is 1. The van der Waals surface area contributed by atoms with Crippen LogP contribution in [-0.4, -0.2) is 38.9 Å². The van der Waals surface area contributed by atoms with E-state index in [9.17, 15) is 18.0 Å². The first kappa shape index (κ1) is 22.1. The summed E-state index contributed by atoms with van der Waals surface area (Å²) in [4.78, 5) is 13.5. The number of hydrogen-bond acceptors (Lipinski definition) is 5. The lowest BCUT2D eigenvalue weighted by Gasteiger charge is -2.35. The van der Waals surface area contributed by atoms with Crippen molar-refractivity contribution in [2.75, 3.05) is 42.3 Å². The summed E-state index contributed by atoms with van der Waals surface area (Å²) in [7, 11) is 1.56. The van der Waals surface area contributed by atoms with Crippen LogP contribution in [0.1, 0.15) is 24.0 Å². The largest absolute Gasteiger partial charge is 0.495 e. The van der Waals surface area contributed by atoms with Crippen LogP contribution in [0.5, 0.6) is 11.5 Å². The van der Waals surface area contributed by atoms with Crippen molar-refractivity contribution in [1.82, 2.24) is 0 Å². The number of hydrogen-bond donors (Lipinski definition) is 2. The number of methoxy groups -OCH3 is 1. The molecule has 0 atom stereocenters. The highest BCUT2D eigenvalue weighted by Crippen LogP contribution is 2.41. The van der Waals surface area contributed by atoms with E-state index in [1.807, 2.05) is 43.0 Å². The maximum Gasteiger partial charge on any atom is 0.391 e. The second kappa shape index (κ2) is 8.44. The highest BCUT2D eigenvalue weighted by Gasteiger charge is 2.41. The Labute approximate surface area is 184 Å². The number of alkyl halides is 3. The first-order chi connectivity index (χ1) is 15.2. The lowest BCUT2D eigenvalue weighted by atomic mass is 9.95. The van der Waals surface area contributed by atoms with E-state index in [0.29, 0.717) is 30.3 Å². The van der Waals surface area contributed by atoms with E-state index in [1.165, 1.54) is 0 Å². The fourth-order valence-corrected chi connectivity index (χ4v) is 4.24. The van der Waals surface area contributed by atoms with Crippen LogP contribution < -0.4 is 25.0 Å². The van der Waals surface area contributed by atoms with Gasteiger partial charge in [-0.25, -0.2) is 0 Å². The average molecular weight is 449 g/mol. The van der Waals surface area contributed by atoms with Crippen LogP contribution in [0.25, 0.3) is 0 Å². The van der Waals surface area contributed by atoms with Gasteiger partial charge in [0, 0.05) is 36.6 Å². The van der Waals surface area contributed by atoms with Crippen molar-refractivity contribution in [3.8, 4) is 11.5 Å². The minimum absolute atomic E-state index is 0.0253. The summed E-state index contributed by atoms with van der Waals surface area (Å²) in [6.45, 7) is 4.47. The van der Waals surface area contributed by atoms with E-state index < -0.39 is 12.1 Å². The smallest absolute Gasteiger partial charge is 0.391 e. The van der Waals surface area contributed by atoms with Crippen molar-refractivity contribution >= 4 is 28.7 Å². The predicted octanol–water partition coefficient (Wildman–Crippen LogP) is 5.17. The molecule has 1 fully saturated rings. The zero-order valence-corrected chi connectivity index (χ0v) is 18.2. The molecule has 172 valence electrons. The van der Waals surface area contributed by atoms with Gasteiger partial charge >= 0.3 is 6.18 Å². The van der Waals surface area contributed by atoms with Gasteiger partial charge in [0.25, 0.3) is 5.91 Å². The molecule has 0 bridgehead atoms. The van der Waals surface area contributed by atoms with Gasteiger partial charge in [-0.1, -0.05) is 0 Å². The number of halogens is 3. The Bertz CT molecular complexity index is 1030. The molecule has 32 heavy (non-hydrogen) atoms. The zero-order chi connectivity index (χ0) is 23.0. The maximum atomic E-state index is 13.0. The fourth-order valence-electron chi connectivity index (χ4n) is 4.24. The summed E-state index contributed by atoms with van der Waals surface area (Å²) in [6.07, 6.45) is -3.98. The van der Waals surface area contributed by atoms with Crippen LogP contribution >= 0.6 is 0 Å². The number of carbonyl (C=O) groups excluding carboxylic acids is 1. The van der Waals surface area contributed by atoms with Crippen LogP contribution in [0.15, 0.2) is 24.3 Å². The zero-order valence-electron chi connectivity index (χ0n) is 18.2. The molecule has 1 saturated heterocycles. The average Bonchev–Trinajstić information content (AvgIpc) is 2.75. The molecule has 2 aromatic rings. The quantitative estimate of drug-likeness (QED) is 0.675. The van der Waals surface area contributed by atoms with Crippen molar-refractivity contribution < 1.29 is 27.4 Å². The van der Waals surface area contributed by atoms with Gasteiger partial charge in [0.2, 0.25) is 0 Å². The third-order valence-corrected chi connectivity index (χ3v) is 6.03. The monoisotopic (exact) mass is 449 g/mol. The molecule has 2 aromatic carbocycles. The Kier molecular flexibility index (Phi) is 5.83. The molecule has 0 spiro atoms. The Morgan fingerprint density at radius 1 is 1.12 bits per heavy atom. The highest BCUT2D eigenvalue weighted by molar-refractivity contribution is 5.97. The van der Waals surface area contributed by atoms with Crippen LogP contribution in [0.2, 0.25) is 0 Å². The third-order valence-electron chi connectivity index (χ3n) is 6.03. The number of ether oxygens (including phenoxy) is 2. The van der Waals surface area contributed by atoms with E-state index in [0.717, 1.165) is 28.2 Å². The molecule has 6 nitrogen and oxygen atoms in total. The fraction of sp³-hybridized carbons (Fsp3) is 0.435. The van der Waals surface area contributed by atoms with Crippen LogP contribution in [0.3, 0.4) is 0 Å². The lowest BCUT2D eigenvalue weighted by Crippen LogP contribution is -2.39. The second-order valence-electron chi connectivity index (χ2n) is 8.27. The Balaban J connectivity index is 1.56. The van der Waals surface area contributed by atoms with Gasteiger partial charge in [-0.05, 0) is 49.9 Å². The minimum atomic E-state index is -4.14. The number of rotatable bonds is 4. The number of anilines is 4. The first-order valence-electron chi connectivity index (χ1n) is 10.5. The number of aryl methyl sites for hydroxylation is 2. The molecule has 0 saturated carbocycles. The lowest BCUT2D eigenvalue weighted by molar-refractivity contribution is -0.179. The molecule has 2 heterocycles. The van der Waals surface area contributed by atoms with E-state index in [4.69, 9.17) is 9.47 Å². The van der Waals surface area contributed by atoms with Gasteiger partial charge in [0.05, 0.1) is 24.4 Å². The molecular weight excluding hydrogens is 423 g/mol. The standard InChI is InChI=1S/C23H26F3N3O3/c1-13-9-18(29-6-4-15(5-7-29)23(24,25)26)19(31-3)11-17(13)27-16-8-14(2)22-20(10-16)32-12-21(30)28-22/h8-11,15,27H,4-7,12H2,1-3H3,(H,28,30). The summed E-state index contributed by atoms with van der Waals surface area (Å²) in [5.41, 5.74) is 4.87. The number of benzene rings is 2. The van der Waals surface area contributed by atoms with Crippen molar-refractivity contribution in [3.05, 3.63) is 35.4 Å². The molecule has 9 heteroatoms. The van der Waals surface area contributed by atoms with Crippen LogP contribution in [-0.2, 0) is 4.79 Å². The minimum Gasteiger partial charge on any atom is -0.495 e. The highest BCUT2D eigenvalue weighted by atomic mass is 19.4. The molecule has 0 aliphatic carbocycles. The molecule has 0 radical (unpaired) electrons. The van der Waals surface area contributed by atoms with Crippen LogP contribution in [0, 0.1) is 19.8 Å². The molecule has 0 unspecified atom stereocenters. The number of fused-ring (bicyclic) bond motifs is 1.